The average Bonchev–Trinajstić information content (AvgIpc) is 3.15. The first kappa shape index (κ1) is 12.0. The van der Waals surface area contributed by atoms with E-state index in [0.717, 1.165) is 30.5 Å². The van der Waals surface area contributed by atoms with Crippen LogP contribution in [0.2, 0.25) is 0 Å². The average molecular weight is 266 g/mol. The molecular weight excluding hydrogens is 248 g/mol. The molecule has 2 N–H and O–H groups in total. The molecule has 0 amide bonds. The molecule has 1 fully saturated rings. The van der Waals surface area contributed by atoms with Crippen LogP contribution in [0.15, 0.2) is 24.3 Å². The van der Waals surface area contributed by atoms with Gasteiger partial charge < -0.3 is 5.73 Å². The Morgan fingerprint density at radius 3 is 2.67 bits per heavy atom. The Labute approximate surface area is 108 Å². The normalized spacial score (nSPS) is 23.2. The van der Waals surface area contributed by atoms with Crippen molar-refractivity contribution in [2.45, 2.75) is 30.4 Å². The molecule has 1 aromatic rings. The molecule has 3 rings (SSSR count). The predicted molar refractivity (Wildman–Crippen MR) is 72.1 cm³/mol. The quantitative estimate of drug-likeness (QED) is 0.896. The number of nitrogens with zero attached hydrogens (tertiary/aromatic N) is 1. The van der Waals surface area contributed by atoms with Crippen molar-refractivity contribution < 1.29 is 8.42 Å². The Bertz CT molecular complexity index is 552. The van der Waals surface area contributed by atoms with Crippen LogP contribution in [0.4, 0.5) is 5.69 Å². The fourth-order valence-corrected chi connectivity index (χ4v) is 4.61. The van der Waals surface area contributed by atoms with Crippen molar-refractivity contribution in [3.05, 3.63) is 29.8 Å². The van der Waals surface area contributed by atoms with Crippen molar-refractivity contribution in [1.29, 1.82) is 0 Å². The maximum Gasteiger partial charge on any atom is 0.238 e. The van der Waals surface area contributed by atoms with Gasteiger partial charge in [-0.2, -0.15) is 0 Å². The molecule has 1 heterocycles. The molecule has 0 saturated heterocycles. The number of hydrogen-bond donors (Lipinski definition) is 1. The summed E-state index contributed by atoms with van der Waals surface area (Å²) in [5.74, 6) is 0.250. The highest BCUT2D eigenvalue weighted by Gasteiger charge is 2.44. The molecule has 1 aliphatic carbocycles. The van der Waals surface area contributed by atoms with Crippen LogP contribution >= 0.6 is 0 Å². The van der Waals surface area contributed by atoms with Gasteiger partial charge in [0.25, 0.3) is 0 Å². The van der Waals surface area contributed by atoms with E-state index in [1.807, 2.05) is 24.3 Å². The van der Waals surface area contributed by atoms with E-state index in [2.05, 4.69) is 0 Å². The number of fused-ring (bicyclic) bond motifs is 1. The summed E-state index contributed by atoms with van der Waals surface area (Å²) in [4.78, 5) is 0. The summed E-state index contributed by atoms with van der Waals surface area (Å²) in [7, 11) is -3.14. The van der Waals surface area contributed by atoms with E-state index >= 15 is 0 Å². The van der Waals surface area contributed by atoms with Crippen LogP contribution in [-0.4, -0.2) is 26.8 Å². The van der Waals surface area contributed by atoms with E-state index in [4.69, 9.17) is 5.73 Å². The van der Waals surface area contributed by atoms with E-state index in [0.29, 0.717) is 13.1 Å². The minimum atomic E-state index is -3.14. The fraction of sp³-hybridized carbons (Fsp3) is 0.538. The van der Waals surface area contributed by atoms with Gasteiger partial charge in [-0.3, -0.25) is 4.31 Å². The Kier molecular flexibility index (Phi) is 2.83. The van der Waals surface area contributed by atoms with Crippen LogP contribution in [0.3, 0.4) is 0 Å². The van der Waals surface area contributed by atoms with Gasteiger partial charge in [-0.25, -0.2) is 8.42 Å². The van der Waals surface area contributed by atoms with E-state index in [1.165, 1.54) is 0 Å². The lowest BCUT2D eigenvalue weighted by Crippen LogP contribution is -2.33. The zero-order valence-electron chi connectivity index (χ0n) is 10.2. The molecule has 0 spiro atoms. The second-order valence-corrected chi connectivity index (χ2v) is 7.25. The minimum Gasteiger partial charge on any atom is -0.330 e. The third-order valence-corrected chi connectivity index (χ3v) is 6.07. The van der Waals surface area contributed by atoms with Crippen LogP contribution in [0.1, 0.15) is 30.7 Å². The van der Waals surface area contributed by atoms with Crippen LogP contribution in [0, 0.1) is 0 Å². The maximum atomic E-state index is 12.4. The SMILES string of the molecule is NCCC1CN(S(=O)(=O)C2CC2)c2ccccc21. The monoisotopic (exact) mass is 266 g/mol. The molecule has 1 unspecified atom stereocenters. The molecule has 5 heteroatoms. The minimum absolute atomic E-state index is 0.151. The number of sulfonamides is 1. The summed E-state index contributed by atoms with van der Waals surface area (Å²) in [5, 5.41) is -0.151. The molecule has 0 aromatic heterocycles. The van der Waals surface area contributed by atoms with Crippen LogP contribution in [-0.2, 0) is 10.0 Å². The van der Waals surface area contributed by atoms with E-state index in [1.54, 1.807) is 4.31 Å². The summed E-state index contributed by atoms with van der Waals surface area (Å²) in [6.45, 7) is 1.16. The van der Waals surface area contributed by atoms with Gasteiger partial charge in [0.1, 0.15) is 0 Å². The third kappa shape index (κ3) is 1.82. The Balaban J connectivity index is 1.99. The second kappa shape index (κ2) is 4.24. The highest BCUT2D eigenvalue weighted by Crippen LogP contribution is 2.43. The Morgan fingerprint density at radius 2 is 2.00 bits per heavy atom. The largest absolute Gasteiger partial charge is 0.330 e. The number of nitrogens with two attached hydrogens (primary N) is 1. The number of para-hydroxylation sites is 1. The summed E-state index contributed by atoms with van der Waals surface area (Å²) in [5.41, 5.74) is 7.62. The van der Waals surface area contributed by atoms with Crippen LogP contribution in [0.5, 0.6) is 0 Å². The van der Waals surface area contributed by atoms with Crippen molar-refractivity contribution in [3.8, 4) is 0 Å². The Hall–Kier alpha value is -1.07. The van der Waals surface area contributed by atoms with Gasteiger partial charge in [0.15, 0.2) is 0 Å². The molecule has 1 aromatic carbocycles. The standard InChI is InChI=1S/C13H18N2O2S/c14-8-7-10-9-15(18(16,17)11-5-6-11)13-4-2-1-3-12(10)13/h1-4,10-11H,5-9,14H2. The highest BCUT2D eigenvalue weighted by molar-refractivity contribution is 7.93. The summed E-state index contributed by atoms with van der Waals surface area (Å²) in [6, 6.07) is 7.80. The fourth-order valence-electron chi connectivity index (χ4n) is 2.69. The molecule has 18 heavy (non-hydrogen) atoms. The second-order valence-electron chi connectivity index (χ2n) is 5.11. The molecule has 4 nitrogen and oxygen atoms in total. The molecular formula is C13H18N2O2S. The van der Waals surface area contributed by atoms with Gasteiger partial charge in [0.2, 0.25) is 10.0 Å². The lowest BCUT2D eigenvalue weighted by molar-refractivity contribution is 0.585. The van der Waals surface area contributed by atoms with Crippen molar-refractivity contribution in [1.82, 2.24) is 0 Å². The van der Waals surface area contributed by atoms with Crippen LogP contribution < -0.4 is 10.0 Å². The molecule has 98 valence electrons. The highest BCUT2D eigenvalue weighted by atomic mass is 32.2. The number of benzene rings is 1. The zero-order chi connectivity index (χ0) is 12.8. The van der Waals surface area contributed by atoms with Crippen molar-refractivity contribution in [2.24, 2.45) is 5.73 Å². The predicted octanol–water partition coefficient (Wildman–Crippen LogP) is 1.43. The van der Waals surface area contributed by atoms with E-state index < -0.39 is 10.0 Å². The first-order chi connectivity index (χ1) is 8.64. The van der Waals surface area contributed by atoms with Crippen molar-refractivity contribution in [3.63, 3.8) is 0 Å². The number of hydrogen-bond acceptors (Lipinski definition) is 3. The van der Waals surface area contributed by atoms with Gasteiger partial charge >= 0.3 is 0 Å². The van der Waals surface area contributed by atoms with Gasteiger partial charge in [0, 0.05) is 12.5 Å². The summed E-state index contributed by atoms with van der Waals surface area (Å²) >= 11 is 0. The van der Waals surface area contributed by atoms with E-state index in [9.17, 15) is 8.42 Å². The first-order valence-electron chi connectivity index (χ1n) is 6.45. The van der Waals surface area contributed by atoms with Crippen molar-refractivity contribution in [2.75, 3.05) is 17.4 Å². The van der Waals surface area contributed by atoms with E-state index in [-0.39, 0.29) is 11.2 Å². The third-order valence-electron chi connectivity index (χ3n) is 3.80. The molecule has 2 aliphatic rings. The van der Waals surface area contributed by atoms with Gasteiger partial charge in [-0.15, -0.1) is 0 Å². The first-order valence-corrected chi connectivity index (χ1v) is 7.95. The van der Waals surface area contributed by atoms with Gasteiger partial charge in [0.05, 0.1) is 10.9 Å². The molecule has 0 bridgehead atoms. The molecule has 1 atom stereocenters. The number of anilines is 1. The summed E-state index contributed by atoms with van der Waals surface area (Å²) in [6.07, 6.45) is 2.46. The Morgan fingerprint density at radius 1 is 1.28 bits per heavy atom. The lowest BCUT2D eigenvalue weighted by atomic mass is 9.98. The van der Waals surface area contributed by atoms with Gasteiger partial charge in [-0.05, 0) is 37.4 Å². The topological polar surface area (TPSA) is 63.4 Å². The number of rotatable bonds is 4. The van der Waals surface area contributed by atoms with Gasteiger partial charge in [-0.1, -0.05) is 18.2 Å². The smallest absolute Gasteiger partial charge is 0.238 e. The summed E-state index contributed by atoms with van der Waals surface area (Å²) < 4.78 is 26.4. The maximum absolute atomic E-state index is 12.4. The molecule has 0 radical (unpaired) electrons. The lowest BCUT2D eigenvalue weighted by Gasteiger charge is -2.19. The molecule has 1 saturated carbocycles. The van der Waals surface area contributed by atoms with Crippen molar-refractivity contribution >= 4 is 15.7 Å². The van der Waals surface area contributed by atoms with Crippen LogP contribution in [0.25, 0.3) is 0 Å². The molecule has 1 aliphatic heterocycles. The zero-order valence-corrected chi connectivity index (χ0v) is 11.1.